The van der Waals surface area contributed by atoms with Gasteiger partial charge in [-0.2, -0.15) is 11.8 Å². The van der Waals surface area contributed by atoms with Gasteiger partial charge in [0.1, 0.15) is 66.5 Å². The Labute approximate surface area is 640 Å². The van der Waals surface area contributed by atoms with Gasteiger partial charge in [-0.15, -0.1) is 0 Å². The van der Waals surface area contributed by atoms with Crippen molar-refractivity contribution in [3.05, 3.63) is 71.9 Å². The Bertz CT molecular complexity index is 3750. The SMILES string of the molecule is CC[C@H](C)[C@H](NC(=O)[C@H](Cc1c[nH]c2ccccc12)NC(=O)[C@H](CC(C)C)NC(=O)[C@@H]1CCCN1C(=O)[C@H](CCCN=C(N)N)NC(=O)[C@@H](N)CC(=O)O)C(=O)N[C@H](C(=O)N[C@@H](Cc1ccccc1)C(=O)N[C@@H](CO)C(=O)NCC(=O)N[C@@H](CC(N)=O)C(=O)N[C@@H](CCSC)C(=O)N[C@@H](CC(N)=O)C(=O)O)[C@@H](C)CC. The van der Waals surface area contributed by atoms with Crippen LogP contribution >= 0.6 is 11.8 Å². The number of rotatable bonds is 48. The summed E-state index contributed by atoms with van der Waals surface area (Å²) >= 11 is 1.25. The normalized spacial score (nSPS) is 16.1. The van der Waals surface area contributed by atoms with E-state index in [1.807, 2.05) is 0 Å². The van der Waals surface area contributed by atoms with Crippen molar-refractivity contribution in [2.24, 2.45) is 51.4 Å². The Morgan fingerprint density at radius 1 is 0.582 bits per heavy atom. The second kappa shape index (κ2) is 45.8. The fourth-order valence-corrected chi connectivity index (χ4v) is 12.4. The standard InChI is InChI=1S/C71H107N19O19S/c1-8-37(5)57(67(105)85-47(28-39-17-11-10-12-18-39)63(101)87-51(35-91)60(98)79-34-55(94)80-49(31-53(73)92)64(102)81-44(23-26-110-7)61(99)86-50(70(108)109)32-54(74)93)89-68(106)58(38(6)9-2)88-65(103)48(29-40-33-78-43-20-14-13-19-41(40)43)83-62(100)46(27-36(3)4)84-66(104)52-22-16-25-90(52)69(107)45(21-15-24-77-71(75)76)82-59(97)42(72)30-56(95)96/h10-14,17-20,33,36-38,42,44-52,57-58,78,91H,8-9,15-16,21-32,34-35,72H2,1-7H3,(H2,73,92)(H2,74,93)(H,79,98)(H,80,94)(H,81,102)(H,82,97)(H,83,100)(H,84,104)(H,85,105)(H,86,99)(H,87,101)(H,88,103)(H,89,106)(H,95,96)(H,108,109)(H4,75,76,77)/t37-,38-,42-,44-,45-,46-,47-,48-,49-,50-,51-,52-,57-,58-/m0/s1. The summed E-state index contributed by atoms with van der Waals surface area (Å²) in [6.07, 6.45) is 1.66. The number of benzene rings is 2. The van der Waals surface area contributed by atoms with Gasteiger partial charge in [0.05, 0.1) is 38.5 Å². The number of para-hydroxylation sites is 1. The van der Waals surface area contributed by atoms with Gasteiger partial charge in [0, 0.05) is 43.0 Å². The number of hydrogen-bond acceptors (Lipinski definition) is 20. The number of guanidine groups is 1. The molecule has 39 heteroatoms. The Hall–Kier alpha value is -11.0. The maximum atomic E-state index is 15.1. The van der Waals surface area contributed by atoms with E-state index in [-0.39, 0.29) is 88.5 Å². The number of carboxylic acid groups (broad SMARTS) is 2. The molecule has 606 valence electrons. The van der Waals surface area contributed by atoms with Gasteiger partial charge in [-0.1, -0.05) is 103 Å². The van der Waals surface area contributed by atoms with E-state index in [0.29, 0.717) is 28.5 Å². The van der Waals surface area contributed by atoms with Gasteiger partial charge < -0.3 is 112 Å². The van der Waals surface area contributed by atoms with Crippen molar-refractivity contribution < 1.29 is 92.0 Å². The minimum absolute atomic E-state index is 0.0262. The highest BCUT2D eigenvalue weighted by Crippen LogP contribution is 2.24. The zero-order chi connectivity index (χ0) is 82.1. The molecule has 25 N–H and O–H groups in total. The van der Waals surface area contributed by atoms with Crippen molar-refractivity contribution in [1.29, 1.82) is 0 Å². The number of carbonyl (C=O) groups excluding carboxylic acids is 14. The van der Waals surface area contributed by atoms with Crippen molar-refractivity contribution in [2.45, 2.75) is 198 Å². The number of fused-ring (bicyclic) bond motifs is 1. The molecule has 1 fully saturated rings. The first-order chi connectivity index (χ1) is 52.0. The molecule has 110 heavy (non-hydrogen) atoms. The Balaban J connectivity index is 1.59. The summed E-state index contributed by atoms with van der Waals surface area (Å²) < 4.78 is 0. The highest BCUT2D eigenvalue weighted by Gasteiger charge is 2.42. The molecule has 0 radical (unpaired) electrons. The fourth-order valence-electron chi connectivity index (χ4n) is 11.9. The number of carboxylic acids is 2. The monoisotopic (exact) mass is 1560 g/mol. The number of aliphatic hydroxyl groups is 1. The van der Waals surface area contributed by atoms with Crippen molar-refractivity contribution in [2.75, 3.05) is 38.2 Å². The van der Waals surface area contributed by atoms with Crippen LogP contribution in [0.1, 0.15) is 123 Å². The van der Waals surface area contributed by atoms with Crippen LogP contribution in [0.3, 0.4) is 0 Å². The van der Waals surface area contributed by atoms with Crippen LogP contribution in [0.15, 0.2) is 65.8 Å². The number of carbonyl (C=O) groups is 16. The molecule has 14 amide bonds. The fraction of sp³-hybridized carbons (Fsp3) is 0.563. The predicted octanol–water partition coefficient (Wildman–Crippen LogP) is -4.52. The van der Waals surface area contributed by atoms with Gasteiger partial charge in [0.25, 0.3) is 0 Å². The topological polar surface area (TPSA) is 628 Å². The van der Waals surface area contributed by atoms with E-state index in [4.69, 9.17) is 28.7 Å². The first-order valence-corrected chi connectivity index (χ1v) is 37.5. The summed E-state index contributed by atoms with van der Waals surface area (Å²) in [5.41, 5.74) is 29.1. The van der Waals surface area contributed by atoms with Crippen molar-refractivity contribution in [3.63, 3.8) is 0 Å². The molecule has 2 aromatic carbocycles. The van der Waals surface area contributed by atoms with Gasteiger partial charge >= 0.3 is 11.9 Å². The van der Waals surface area contributed by atoms with E-state index < -0.39 is 211 Å². The van der Waals surface area contributed by atoms with Crippen LogP contribution in [0.4, 0.5) is 0 Å². The Morgan fingerprint density at radius 3 is 1.70 bits per heavy atom. The van der Waals surface area contributed by atoms with Crippen molar-refractivity contribution in [1.82, 2.24) is 68.4 Å². The summed E-state index contributed by atoms with van der Waals surface area (Å²) in [5, 5.41) is 57.7. The first kappa shape index (κ1) is 91.4. The number of aromatic nitrogens is 1. The second-order valence-electron chi connectivity index (χ2n) is 27.4. The second-order valence-corrected chi connectivity index (χ2v) is 28.4. The molecule has 1 saturated heterocycles. The molecule has 0 unspecified atom stereocenters. The maximum absolute atomic E-state index is 15.1. The largest absolute Gasteiger partial charge is 0.481 e. The van der Waals surface area contributed by atoms with Crippen LogP contribution in [0.25, 0.3) is 10.9 Å². The molecular weight excluding hydrogens is 1450 g/mol. The van der Waals surface area contributed by atoms with E-state index in [9.17, 15) is 87.2 Å². The maximum Gasteiger partial charge on any atom is 0.326 e. The number of aliphatic carboxylic acids is 2. The smallest absolute Gasteiger partial charge is 0.326 e. The quantitative estimate of drug-likeness (QED) is 0.0144. The number of primary amides is 2. The number of nitrogens with one attached hydrogen (secondary N) is 12. The van der Waals surface area contributed by atoms with E-state index in [2.05, 4.69) is 68.5 Å². The molecule has 14 atom stereocenters. The summed E-state index contributed by atoms with van der Waals surface area (Å²) in [6, 6.07) is -2.51. The summed E-state index contributed by atoms with van der Waals surface area (Å²) in [7, 11) is 0. The number of aromatic amines is 1. The molecule has 4 rings (SSSR count). The predicted molar refractivity (Wildman–Crippen MR) is 403 cm³/mol. The molecule has 0 aliphatic carbocycles. The molecular formula is C71H107N19O19S. The average molecular weight is 1560 g/mol. The first-order valence-electron chi connectivity index (χ1n) is 36.1. The van der Waals surface area contributed by atoms with Gasteiger partial charge in [0.2, 0.25) is 82.7 Å². The number of aliphatic imine (C=N–C) groups is 1. The zero-order valence-electron chi connectivity index (χ0n) is 62.7. The van der Waals surface area contributed by atoms with Crippen LogP contribution in [-0.2, 0) is 89.6 Å². The molecule has 1 aromatic heterocycles. The highest BCUT2D eigenvalue weighted by molar-refractivity contribution is 7.98. The van der Waals surface area contributed by atoms with Crippen LogP contribution in [0.5, 0.6) is 0 Å². The van der Waals surface area contributed by atoms with Gasteiger partial charge in [-0.05, 0) is 85.5 Å². The van der Waals surface area contributed by atoms with Gasteiger partial charge in [-0.25, -0.2) is 4.79 Å². The molecule has 0 saturated carbocycles. The lowest BCUT2D eigenvalue weighted by Gasteiger charge is -2.32. The third kappa shape index (κ3) is 29.9. The molecule has 2 heterocycles. The molecule has 38 nitrogen and oxygen atoms in total. The Morgan fingerprint density at radius 2 is 1.11 bits per heavy atom. The molecule has 0 bridgehead atoms. The zero-order valence-corrected chi connectivity index (χ0v) is 63.5. The minimum Gasteiger partial charge on any atom is -0.481 e. The van der Waals surface area contributed by atoms with E-state index in [0.717, 1.165) is 0 Å². The number of nitrogens with zero attached hydrogens (tertiary/aromatic N) is 2. The van der Waals surface area contributed by atoms with Gasteiger partial charge in [-0.3, -0.25) is 76.9 Å². The molecule has 1 aliphatic rings. The van der Waals surface area contributed by atoms with Crippen LogP contribution in [0.2, 0.25) is 0 Å². The number of H-pyrrole nitrogens is 1. The highest BCUT2D eigenvalue weighted by atomic mass is 32.2. The van der Waals surface area contributed by atoms with E-state index >= 15 is 4.79 Å². The Kier molecular flexibility index (Phi) is 38.0. The van der Waals surface area contributed by atoms with Crippen molar-refractivity contribution >= 4 is 123 Å². The van der Waals surface area contributed by atoms with E-state index in [1.54, 1.807) is 109 Å². The van der Waals surface area contributed by atoms with Crippen LogP contribution in [0, 0.1) is 17.8 Å². The van der Waals surface area contributed by atoms with Crippen molar-refractivity contribution in [3.8, 4) is 0 Å². The number of likely N-dealkylation sites (tertiary alicyclic amines) is 1. The molecule has 0 spiro atoms. The lowest BCUT2D eigenvalue weighted by Crippen LogP contribution is -2.62. The third-order valence-electron chi connectivity index (χ3n) is 18.3. The number of thioether (sulfide) groups is 1. The van der Waals surface area contributed by atoms with Gasteiger partial charge in [0.15, 0.2) is 5.96 Å². The lowest BCUT2D eigenvalue weighted by atomic mass is 9.94. The van der Waals surface area contributed by atoms with Crippen LogP contribution < -0.4 is 87.2 Å². The minimum atomic E-state index is -1.81. The average Bonchev–Trinajstić information content (AvgIpc) is 1.64. The summed E-state index contributed by atoms with van der Waals surface area (Å²) in [6.45, 7) is 8.49. The summed E-state index contributed by atoms with van der Waals surface area (Å²) in [4.78, 5) is 225. The van der Waals surface area contributed by atoms with Crippen LogP contribution in [-0.4, -0.2) is 237 Å². The molecule has 1 aliphatic heterocycles. The number of nitrogens with two attached hydrogens (primary N) is 5. The number of hydrogen-bond donors (Lipinski definition) is 20. The van der Waals surface area contributed by atoms with E-state index in [1.165, 1.54) is 16.7 Å². The number of aliphatic hydroxyl groups excluding tert-OH is 1. The lowest BCUT2D eigenvalue weighted by molar-refractivity contribution is -0.144. The number of amides is 14. The molecule has 3 aromatic rings. The summed E-state index contributed by atoms with van der Waals surface area (Å²) in [5.74, 6) is -17.9. The third-order valence-corrected chi connectivity index (χ3v) is 18.9.